The van der Waals surface area contributed by atoms with E-state index in [-0.39, 0.29) is 17.9 Å². The molecule has 1 unspecified atom stereocenters. The van der Waals surface area contributed by atoms with Crippen molar-refractivity contribution in [3.63, 3.8) is 0 Å². The highest BCUT2D eigenvalue weighted by atomic mass is 16.2. The van der Waals surface area contributed by atoms with Crippen molar-refractivity contribution in [3.8, 4) is 0 Å². The van der Waals surface area contributed by atoms with Gasteiger partial charge in [0.25, 0.3) is 5.91 Å². The van der Waals surface area contributed by atoms with E-state index in [1.54, 1.807) is 29.0 Å². The van der Waals surface area contributed by atoms with Gasteiger partial charge in [-0.3, -0.25) is 9.59 Å². The molecule has 1 heterocycles. The van der Waals surface area contributed by atoms with E-state index >= 15 is 0 Å². The summed E-state index contributed by atoms with van der Waals surface area (Å²) in [6.07, 6.45) is 1.60. The summed E-state index contributed by atoms with van der Waals surface area (Å²) in [5.41, 5.74) is 1.73. The zero-order valence-electron chi connectivity index (χ0n) is 13.9. The predicted molar refractivity (Wildman–Crippen MR) is 93.4 cm³/mol. The number of carbonyl (C=O) groups excluding carboxylic acids is 2. The zero-order chi connectivity index (χ0) is 16.9. The first-order chi connectivity index (χ1) is 11.7. The Labute approximate surface area is 142 Å². The van der Waals surface area contributed by atoms with Gasteiger partial charge in [0, 0.05) is 25.7 Å². The van der Waals surface area contributed by atoms with Crippen molar-refractivity contribution >= 4 is 11.8 Å². The molecule has 0 aliphatic carbocycles. The predicted octanol–water partition coefficient (Wildman–Crippen LogP) is 2.95. The van der Waals surface area contributed by atoms with Crippen molar-refractivity contribution in [2.75, 3.05) is 13.6 Å². The molecule has 0 saturated carbocycles. The van der Waals surface area contributed by atoms with Gasteiger partial charge in [0.2, 0.25) is 5.91 Å². The van der Waals surface area contributed by atoms with Crippen molar-refractivity contribution < 1.29 is 9.59 Å². The molecule has 2 amide bonds. The molecular weight excluding hydrogens is 300 g/mol. The normalized spacial score (nSPS) is 16.9. The van der Waals surface area contributed by atoms with E-state index in [9.17, 15) is 9.59 Å². The Morgan fingerprint density at radius 2 is 1.67 bits per heavy atom. The van der Waals surface area contributed by atoms with Crippen molar-refractivity contribution in [1.29, 1.82) is 0 Å². The van der Waals surface area contributed by atoms with E-state index in [0.717, 1.165) is 18.4 Å². The molecule has 4 nitrogen and oxygen atoms in total. The Bertz CT molecular complexity index is 700. The third-order valence-corrected chi connectivity index (χ3v) is 4.46. The van der Waals surface area contributed by atoms with Crippen LogP contribution < -0.4 is 0 Å². The molecule has 0 spiro atoms. The molecule has 1 aliphatic rings. The van der Waals surface area contributed by atoms with Crippen LogP contribution in [0.4, 0.5) is 0 Å². The second-order valence-electron chi connectivity index (χ2n) is 6.20. The van der Waals surface area contributed by atoms with E-state index in [1.165, 1.54) is 0 Å². The maximum atomic E-state index is 12.8. The number of likely N-dealkylation sites (tertiary alicyclic amines) is 1. The van der Waals surface area contributed by atoms with Crippen molar-refractivity contribution in [2.24, 2.45) is 0 Å². The quantitative estimate of drug-likeness (QED) is 0.868. The monoisotopic (exact) mass is 322 g/mol. The van der Waals surface area contributed by atoms with Gasteiger partial charge in [-0.15, -0.1) is 0 Å². The van der Waals surface area contributed by atoms with Gasteiger partial charge in [0.1, 0.15) is 6.04 Å². The van der Waals surface area contributed by atoms with Crippen LogP contribution in [0, 0.1) is 0 Å². The number of rotatable bonds is 4. The molecule has 1 atom stereocenters. The van der Waals surface area contributed by atoms with Crippen molar-refractivity contribution in [1.82, 2.24) is 9.80 Å². The lowest BCUT2D eigenvalue weighted by Crippen LogP contribution is -2.46. The molecule has 0 bridgehead atoms. The van der Waals surface area contributed by atoms with Gasteiger partial charge in [-0.25, -0.2) is 0 Å². The van der Waals surface area contributed by atoms with Crippen LogP contribution in [0.5, 0.6) is 0 Å². The molecule has 1 aliphatic heterocycles. The minimum atomic E-state index is -0.355. The van der Waals surface area contributed by atoms with Crippen LogP contribution in [0.15, 0.2) is 60.7 Å². The lowest BCUT2D eigenvalue weighted by Gasteiger charge is -2.28. The van der Waals surface area contributed by atoms with Gasteiger partial charge >= 0.3 is 0 Å². The molecule has 1 fully saturated rings. The summed E-state index contributed by atoms with van der Waals surface area (Å²) in [5.74, 6) is -0.0415. The topological polar surface area (TPSA) is 40.6 Å². The number of carbonyl (C=O) groups is 2. The van der Waals surface area contributed by atoms with Crippen molar-refractivity contribution in [2.45, 2.75) is 25.4 Å². The molecule has 3 rings (SSSR count). The number of hydrogen-bond acceptors (Lipinski definition) is 2. The lowest BCUT2D eigenvalue weighted by atomic mass is 10.1. The first kappa shape index (κ1) is 16.2. The van der Waals surface area contributed by atoms with E-state index in [2.05, 4.69) is 0 Å². The van der Waals surface area contributed by atoms with Crippen LogP contribution in [0.1, 0.15) is 28.8 Å². The minimum Gasteiger partial charge on any atom is -0.340 e. The van der Waals surface area contributed by atoms with Gasteiger partial charge in [-0.2, -0.15) is 0 Å². The molecule has 0 radical (unpaired) electrons. The second-order valence-corrected chi connectivity index (χ2v) is 6.20. The summed E-state index contributed by atoms with van der Waals surface area (Å²) in [6.45, 7) is 1.20. The molecule has 1 saturated heterocycles. The van der Waals surface area contributed by atoms with Crippen LogP contribution in [0.25, 0.3) is 0 Å². The van der Waals surface area contributed by atoms with Crippen LogP contribution in [0.3, 0.4) is 0 Å². The Balaban J connectivity index is 1.70. The molecule has 2 aromatic carbocycles. The van der Waals surface area contributed by atoms with Gasteiger partial charge in [0.15, 0.2) is 0 Å². The summed E-state index contributed by atoms with van der Waals surface area (Å²) in [5, 5.41) is 0. The minimum absolute atomic E-state index is 0.0145. The summed E-state index contributed by atoms with van der Waals surface area (Å²) in [4.78, 5) is 29.0. The standard InChI is InChI=1S/C20H22N2O2/c1-21(15-16-9-4-2-5-10-16)20(24)18-13-8-14-22(18)19(23)17-11-6-3-7-12-17/h2-7,9-12,18H,8,13-15H2,1H3. The Hall–Kier alpha value is -2.62. The van der Waals surface area contributed by atoms with Gasteiger partial charge in [0.05, 0.1) is 0 Å². The van der Waals surface area contributed by atoms with Gasteiger partial charge in [-0.05, 0) is 30.5 Å². The molecule has 124 valence electrons. The van der Waals surface area contributed by atoms with Crippen LogP contribution in [-0.4, -0.2) is 41.2 Å². The molecule has 4 heteroatoms. The number of amides is 2. The van der Waals surface area contributed by atoms with E-state index in [0.29, 0.717) is 18.7 Å². The third-order valence-electron chi connectivity index (χ3n) is 4.46. The van der Waals surface area contributed by atoms with E-state index in [1.807, 2.05) is 48.5 Å². The lowest BCUT2D eigenvalue weighted by molar-refractivity contribution is -0.134. The molecule has 0 aromatic heterocycles. The van der Waals surface area contributed by atoms with E-state index in [4.69, 9.17) is 0 Å². The van der Waals surface area contributed by atoms with Crippen LogP contribution >= 0.6 is 0 Å². The largest absolute Gasteiger partial charge is 0.340 e. The zero-order valence-corrected chi connectivity index (χ0v) is 13.9. The van der Waals surface area contributed by atoms with E-state index < -0.39 is 0 Å². The SMILES string of the molecule is CN(Cc1ccccc1)C(=O)C1CCCN1C(=O)c1ccccc1. The first-order valence-corrected chi connectivity index (χ1v) is 8.32. The Morgan fingerprint density at radius 3 is 2.33 bits per heavy atom. The van der Waals surface area contributed by atoms with Gasteiger partial charge in [-0.1, -0.05) is 48.5 Å². The smallest absolute Gasteiger partial charge is 0.254 e. The molecule has 2 aromatic rings. The molecular formula is C20H22N2O2. The number of hydrogen-bond donors (Lipinski definition) is 0. The fourth-order valence-corrected chi connectivity index (χ4v) is 3.20. The number of benzene rings is 2. The highest BCUT2D eigenvalue weighted by molar-refractivity contribution is 5.97. The average Bonchev–Trinajstić information content (AvgIpc) is 3.11. The van der Waals surface area contributed by atoms with Crippen LogP contribution in [0.2, 0.25) is 0 Å². The maximum absolute atomic E-state index is 12.8. The summed E-state index contributed by atoms with van der Waals surface area (Å²) < 4.78 is 0. The summed E-state index contributed by atoms with van der Waals surface area (Å²) in [7, 11) is 1.80. The highest BCUT2D eigenvalue weighted by Crippen LogP contribution is 2.22. The Morgan fingerprint density at radius 1 is 1.04 bits per heavy atom. The Kier molecular flexibility index (Phi) is 4.94. The van der Waals surface area contributed by atoms with Crippen LogP contribution in [-0.2, 0) is 11.3 Å². The summed E-state index contributed by atoms with van der Waals surface area (Å²) >= 11 is 0. The highest BCUT2D eigenvalue weighted by Gasteiger charge is 2.35. The average molecular weight is 322 g/mol. The van der Waals surface area contributed by atoms with Crippen molar-refractivity contribution in [3.05, 3.63) is 71.8 Å². The van der Waals surface area contributed by atoms with Gasteiger partial charge < -0.3 is 9.80 Å². The second kappa shape index (κ2) is 7.30. The molecule has 0 N–H and O–H groups in total. The summed E-state index contributed by atoms with van der Waals surface area (Å²) in [6, 6.07) is 18.7. The first-order valence-electron chi connectivity index (χ1n) is 8.32. The maximum Gasteiger partial charge on any atom is 0.254 e. The number of nitrogens with zero attached hydrogens (tertiary/aromatic N) is 2. The fourth-order valence-electron chi connectivity index (χ4n) is 3.20. The number of likely N-dealkylation sites (N-methyl/N-ethyl adjacent to an activating group) is 1. The molecule has 24 heavy (non-hydrogen) atoms. The fraction of sp³-hybridized carbons (Fsp3) is 0.300. The third kappa shape index (κ3) is 3.48.